The number of ether oxygens (including phenoxy) is 1. The van der Waals surface area contributed by atoms with E-state index in [1.165, 1.54) is 50.3 Å². The Labute approximate surface area is 157 Å². The first-order valence-corrected chi connectivity index (χ1v) is 11.1. The van der Waals surface area contributed by atoms with Gasteiger partial charge in [-0.05, 0) is 38.1 Å². The number of piperidine rings is 1. The van der Waals surface area contributed by atoms with Crippen LogP contribution in [0.1, 0.15) is 25.7 Å². The van der Waals surface area contributed by atoms with Crippen LogP contribution in [0.3, 0.4) is 0 Å². The molecule has 0 saturated carbocycles. The van der Waals surface area contributed by atoms with Crippen molar-refractivity contribution >= 4 is 17.7 Å². The molecule has 0 radical (unpaired) electrons. The van der Waals surface area contributed by atoms with Crippen molar-refractivity contribution in [2.45, 2.75) is 31.2 Å². The van der Waals surface area contributed by atoms with Gasteiger partial charge in [0.25, 0.3) is 0 Å². The number of aliphatic imine (C=N–C) groups is 1. The molecule has 3 heterocycles. The highest BCUT2D eigenvalue weighted by molar-refractivity contribution is 7.99. The Morgan fingerprint density at radius 1 is 1.12 bits per heavy atom. The van der Waals surface area contributed by atoms with E-state index in [0.717, 1.165) is 51.9 Å². The molecule has 25 heavy (non-hydrogen) atoms. The third kappa shape index (κ3) is 5.49. The summed E-state index contributed by atoms with van der Waals surface area (Å²) in [6, 6.07) is 0. The molecule has 1 unspecified atom stereocenters. The van der Waals surface area contributed by atoms with Crippen molar-refractivity contribution in [3.8, 4) is 0 Å². The van der Waals surface area contributed by atoms with E-state index in [9.17, 15) is 0 Å². The molecule has 0 amide bonds. The SMILES string of the molecule is CN=C(NCCN1CCCCC1)NCC1(N2CCOCC2)CCSC1. The minimum absolute atomic E-state index is 0.263. The molecule has 3 aliphatic rings. The number of rotatable bonds is 6. The van der Waals surface area contributed by atoms with E-state index < -0.39 is 0 Å². The fraction of sp³-hybridized carbons (Fsp3) is 0.944. The van der Waals surface area contributed by atoms with E-state index in [-0.39, 0.29) is 5.54 Å². The first-order chi connectivity index (χ1) is 12.3. The Kier molecular flexibility index (Phi) is 7.70. The first kappa shape index (κ1) is 19.3. The molecule has 6 nitrogen and oxygen atoms in total. The predicted octanol–water partition coefficient (Wildman–Crippen LogP) is 0.845. The van der Waals surface area contributed by atoms with Crippen LogP contribution in [0.25, 0.3) is 0 Å². The topological polar surface area (TPSA) is 52.1 Å². The number of nitrogens with one attached hydrogen (secondary N) is 2. The number of hydrogen-bond acceptors (Lipinski definition) is 5. The lowest BCUT2D eigenvalue weighted by Gasteiger charge is -2.43. The summed E-state index contributed by atoms with van der Waals surface area (Å²) in [7, 11) is 1.88. The van der Waals surface area contributed by atoms with Crippen LogP contribution in [0.4, 0.5) is 0 Å². The molecule has 0 spiro atoms. The van der Waals surface area contributed by atoms with Crippen LogP contribution in [0.2, 0.25) is 0 Å². The Bertz CT molecular complexity index is 416. The average Bonchev–Trinajstić information content (AvgIpc) is 3.16. The van der Waals surface area contributed by atoms with E-state index in [1.54, 1.807) is 0 Å². The zero-order chi connectivity index (χ0) is 17.4. The van der Waals surface area contributed by atoms with Crippen molar-refractivity contribution in [1.29, 1.82) is 0 Å². The van der Waals surface area contributed by atoms with Gasteiger partial charge in [-0.2, -0.15) is 11.8 Å². The van der Waals surface area contributed by atoms with E-state index in [2.05, 4.69) is 37.2 Å². The summed E-state index contributed by atoms with van der Waals surface area (Å²) in [6.45, 7) is 9.43. The molecule has 144 valence electrons. The lowest BCUT2D eigenvalue weighted by molar-refractivity contribution is -0.0120. The molecule has 1 atom stereocenters. The summed E-state index contributed by atoms with van der Waals surface area (Å²) < 4.78 is 5.55. The molecular formula is C18H35N5OS. The average molecular weight is 370 g/mol. The Morgan fingerprint density at radius 2 is 1.92 bits per heavy atom. The summed E-state index contributed by atoms with van der Waals surface area (Å²) in [4.78, 5) is 9.64. The van der Waals surface area contributed by atoms with Gasteiger partial charge < -0.3 is 20.3 Å². The van der Waals surface area contributed by atoms with Crippen LogP contribution in [0, 0.1) is 0 Å². The van der Waals surface area contributed by atoms with Crippen molar-refractivity contribution in [3.63, 3.8) is 0 Å². The summed E-state index contributed by atoms with van der Waals surface area (Å²) in [6.07, 6.45) is 5.36. The Balaban J connectivity index is 1.43. The van der Waals surface area contributed by atoms with E-state index >= 15 is 0 Å². The van der Waals surface area contributed by atoms with Crippen LogP contribution in [0.5, 0.6) is 0 Å². The van der Waals surface area contributed by atoms with E-state index in [0.29, 0.717) is 0 Å². The number of guanidine groups is 1. The number of morpholine rings is 1. The molecule has 0 bridgehead atoms. The van der Waals surface area contributed by atoms with Gasteiger partial charge in [0.15, 0.2) is 5.96 Å². The molecule has 0 aromatic rings. The van der Waals surface area contributed by atoms with Crippen molar-refractivity contribution in [3.05, 3.63) is 0 Å². The van der Waals surface area contributed by atoms with Gasteiger partial charge in [0.05, 0.1) is 13.2 Å². The second-order valence-corrected chi connectivity index (χ2v) is 8.49. The van der Waals surface area contributed by atoms with Gasteiger partial charge in [0.1, 0.15) is 0 Å². The van der Waals surface area contributed by atoms with Crippen LogP contribution in [-0.4, -0.2) is 98.9 Å². The normalized spacial score (nSPS) is 29.7. The second-order valence-electron chi connectivity index (χ2n) is 7.38. The molecule has 0 aromatic heterocycles. The predicted molar refractivity (Wildman–Crippen MR) is 107 cm³/mol. The maximum Gasteiger partial charge on any atom is 0.191 e. The van der Waals surface area contributed by atoms with Crippen molar-refractivity contribution < 1.29 is 4.74 Å². The number of hydrogen-bond donors (Lipinski definition) is 2. The number of thioether (sulfide) groups is 1. The summed E-state index contributed by atoms with van der Waals surface area (Å²) in [5, 5.41) is 7.12. The van der Waals surface area contributed by atoms with Crippen LogP contribution < -0.4 is 10.6 Å². The fourth-order valence-electron chi connectivity index (χ4n) is 4.12. The highest BCUT2D eigenvalue weighted by atomic mass is 32.2. The zero-order valence-electron chi connectivity index (χ0n) is 15.8. The molecule has 3 saturated heterocycles. The standard InChI is InChI=1S/C18H35N5OS/c1-19-17(20-6-9-22-7-3-2-4-8-22)21-15-18(5-14-25-16-18)23-10-12-24-13-11-23/h2-16H2,1H3,(H2,19,20,21). The fourth-order valence-corrected chi connectivity index (χ4v) is 5.60. The van der Waals surface area contributed by atoms with Gasteiger partial charge in [-0.15, -0.1) is 0 Å². The highest BCUT2D eigenvalue weighted by Gasteiger charge is 2.40. The molecule has 2 N–H and O–H groups in total. The van der Waals surface area contributed by atoms with Gasteiger partial charge in [0, 0.05) is 51.1 Å². The molecule has 3 aliphatic heterocycles. The minimum atomic E-state index is 0.263. The summed E-state index contributed by atoms with van der Waals surface area (Å²) >= 11 is 2.08. The highest BCUT2D eigenvalue weighted by Crippen LogP contribution is 2.33. The maximum atomic E-state index is 5.55. The lowest BCUT2D eigenvalue weighted by Crippen LogP contribution is -2.60. The van der Waals surface area contributed by atoms with Crippen molar-refractivity contribution in [2.75, 3.05) is 77.6 Å². The van der Waals surface area contributed by atoms with Crippen molar-refractivity contribution in [1.82, 2.24) is 20.4 Å². The second kappa shape index (κ2) is 10.00. The molecular weight excluding hydrogens is 334 g/mol. The van der Waals surface area contributed by atoms with Gasteiger partial charge >= 0.3 is 0 Å². The molecule has 7 heteroatoms. The molecule has 3 rings (SSSR count). The zero-order valence-corrected chi connectivity index (χ0v) is 16.6. The smallest absolute Gasteiger partial charge is 0.191 e. The van der Waals surface area contributed by atoms with Gasteiger partial charge in [0.2, 0.25) is 0 Å². The molecule has 0 aromatic carbocycles. The monoisotopic (exact) mass is 369 g/mol. The maximum absolute atomic E-state index is 5.55. The van der Waals surface area contributed by atoms with Gasteiger partial charge in [-0.1, -0.05) is 6.42 Å². The summed E-state index contributed by atoms with van der Waals surface area (Å²) in [5.74, 6) is 3.42. The van der Waals surface area contributed by atoms with E-state index in [1.807, 2.05) is 7.05 Å². The molecule has 3 fully saturated rings. The third-order valence-corrected chi connectivity index (χ3v) is 6.98. The van der Waals surface area contributed by atoms with Gasteiger partial charge in [-0.25, -0.2) is 0 Å². The Hall–Kier alpha value is -0.500. The Morgan fingerprint density at radius 3 is 2.60 bits per heavy atom. The first-order valence-electron chi connectivity index (χ1n) is 9.90. The van der Waals surface area contributed by atoms with Crippen LogP contribution in [-0.2, 0) is 4.74 Å². The van der Waals surface area contributed by atoms with Gasteiger partial charge in [-0.3, -0.25) is 9.89 Å². The number of nitrogens with zero attached hydrogens (tertiary/aromatic N) is 3. The minimum Gasteiger partial charge on any atom is -0.379 e. The number of likely N-dealkylation sites (tertiary alicyclic amines) is 1. The largest absolute Gasteiger partial charge is 0.379 e. The van der Waals surface area contributed by atoms with Crippen molar-refractivity contribution in [2.24, 2.45) is 4.99 Å². The quantitative estimate of drug-likeness (QED) is 0.535. The summed E-state index contributed by atoms with van der Waals surface area (Å²) in [5.41, 5.74) is 0.263. The van der Waals surface area contributed by atoms with Crippen LogP contribution >= 0.6 is 11.8 Å². The van der Waals surface area contributed by atoms with E-state index in [4.69, 9.17) is 4.74 Å². The van der Waals surface area contributed by atoms with Crippen LogP contribution in [0.15, 0.2) is 4.99 Å². The molecule has 0 aliphatic carbocycles. The lowest BCUT2D eigenvalue weighted by atomic mass is 9.95. The third-order valence-electron chi connectivity index (χ3n) is 5.74.